The molecule has 1 atom stereocenters. The molecule has 2 rings (SSSR count). The van der Waals surface area contributed by atoms with Gasteiger partial charge in [0.15, 0.2) is 0 Å². The standard InChI is InChI=1S/C15H19FN2O/c1-17-14-3-2-10-18(11-14)15(19)9-6-12-4-7-13(16)8-5-12/h4-9,14,17H,2-3,10-11H2,1H3/b9-6+. The van der Waals surface area contributed by atoms with Crippen molar-refractivity contribution >= 4 is 12.0 Å². The summed E-state index contributed by atoms with van der Waals surface area (Å²) in [4.78, 5) is 13.9. The van der Waals surface area contributed by atoms with Crippen LogP contribution in [0.3, 0.4) is 0 Å². The van der Waals surface area contributed by atoms with Gasteiger partial charge in [-0.05, 0) is 43.7 Å². The minimum absolute atomic E-state index is 0.0178. The highest BCUT2D eigenvalue weighted by atomic mass is 19.1. The second kappa shape index (κ2) is 6.48. The van der Waals surface area contributed by atoms with E-state index in [1.165, 1.54) is 12.1 Å². The third kappa shape index (κ3) is 3.89. The fraction of sp³-hybridized carbons (Fsp3) is 0.400. The van der Waals surface area contributed by atoms with Crippen molar-refractivity contribution in [2.24, 2.45) is 0 Å². The van der Waals surface area contributed by atoms with Crippen molar-refractivity contribution in [3.05, 3.63) is 41.7 Å². The van der Waals surface area contributed by atoms with E-state index >= 15 is 0 Å². The minimum atomic E-state index is -0.267. The number of amides is 1. The lowest BCUT2D eigenvalue weighted by Crippen LogP contribution is -2.46. The predicted octanol–water partition coefficient (Wildman–Crippen LogP) is 2.05. The summed E-state index contributed by atoms with van der Waals surface area (Å²) < 4.78 is 12.8. The van der Waals surface area contributed by atoms with Gasteiger partial charge in [-0.15, -0.1) is 0 Å². The maximum absolute atomic E-state index is 12.8. The van der Waals surface area contributed by atoms with Gasteiger partial charge in [0.05, 0.1) is 0 Å². The second-order valence-corrected chi connectivity index (χ2v) is 4.80. The number of nitrogens with one attached hydrogen (secondary N) is 1. The van der Waals surface area contributed by atoms with Crippen molar-refractivity contribution in [3.8, 4) is 0 Å². The number of piperidine rings is 1. The first-order valence-corrected chi connectivity index (χ1v) is 6.59. The molecule has 1 aromatic rings. The zero-order valence-electron chi connectivity index (χ0n) is 11.1. The Labute approximate surface area is 113 Å². The van der Waals surface area contributed by atoms with Gasteiger partial charge in [0.1, 0.15) is 5.82 Å². The van der Waals surface area contributed by atoms with Crippen molar-refractivity contribution in [1.82, 2.24) is 10.2 Å². The number of hydrogen-bond donors (Lipinski definition) is 1. The summed E-state index contributed by atoms with van der Waals surface area (Å²) in [5.41, 5.74) is 0.830. The Hall–Kier alpha value is -1.68. The fourth-order valence-electron chi connectivity index (χ4n) is 2.26. The van der Waals surface area contributed by atoms with Gasteiger partial charge in [0.2, 0.25) is 5.91 Å². The van der Waals surface area contributed by atoms with Crippen LogP contribution >= 0.6 is 0 Å². The Bertz CT molecular complexity index is 456. The number of hydrogen-bond acceptors (Lipinski definition) is 2. The van der Waals surface area contributed by atoms with Crippen LogP contribution in [0.25, 0.3) is 6.08 Å². The van der Waals surface area contributed by atoms with E-state index in [9.17, 15) is 9.18 Å². The summed E-state index contributed by atoms with van der Waals surface area (Å²) >= 11 is 0. The molecule has 0 spiro atoms. The third-order valence-electron chi connectivity index (χ3n) is 3.43. The number of carbonyl (C=O) groups is 1. The molecule has 0 saturated carbocycles. The predicted molar refractivity (Wildman–Crippen MR) is 74.1 cm³/mol. The molecule has 3 nitrogen and oxygen atoms in total. The number of likely N-dealkylation sites (tertiary alicyclic amines) is 1. The lowest BCUT2D eigenvalue weighted by Gasteiger charge is -2.31. The monoisotopic (exact) mass is 262 g/mol. The first kappa shape index (κ1) is 13.7. The summed E-state index contributed by atoms with van der Waals surface area (Å²) in [5, 5.41) is 3.21. The van der Waals surface area contributed by atoms with Gasteiger partial charge in [0.25, 0.3) is 0 Å². The Morgan fingerprint density at radius 1 is 1.42 bits per heavy atom. The van der Waals surface area contributed by atoms with Gasteiger partial charge in [-0.1, -0.05) is 12.1 Å². The van der Waals surface area contributed by atoms with E-state index < -0.39 is 0 Å². The van der Waals surface area contributed by atoms with Crippen LogP contribution in [-0.2, 0) is 4.79 Å². The average Bonchev–Trinajstić information content (AvgIpc) is 2.46. The zero-order valence-corrected chi connectivity index (χ0v) is 11.1. The molecule has 1 fully saturated rings. The Morgan fingerprint density at radius 2 is 2.16 bits per heavy atom. The van der Waals surface area contributed by atoms with Crippen LogP contribution in [0.1, 0.15) is 18.4 Å². The molecule has 0 bridgehead atoms. The number of benzene rings is 1. The largest absolute Gasteiger partial charge is 0.338 e. The highest BCUT2D eigenvalue weighted by Crippen LogP contribution is 2.11. The zero-order chi connectivity index (χ0) is 13.7. The molecule has 0 aromatic heterocycles. The molecule has 1 amide bonds. The number of nitrogens with zero attached hydrogens (tertiary/aromatic N) is 1. The Kier molecular flexibility index (Phi) is 4.68. The summed E-state index contributed by atoms with van der Waals surface area (Å²) in [5.74, 6) is -0.249. The average molecular weight is 262 g/mol. The van der Waals surface area contributed by atoms with Gasteiger partial charge in [0, 0.05) is 25.2 Å². The molecule has 1 N–H and O–H groups in total. The van der Waals surface area contributed by atoms with Gasteiger partial charge >= 0.3 is 0 Å². The molecule has 102 valence electrons. The number of rotatable bonds is 3. The van der Waals surface area contributed by atoms with Gasteiger partial charge in [-0.2, -0.15) is 0 Å². The molecule has 1 saturated heterocycles. The molecular formula is C15H19FN2O. The molecule has 0 radical (unpaired) electrons. The summed E-state index contributed by atoms with van der Waals surface area (Å²) in [6, 6.07) is 6.48. The lowest BCUT2D eigenvalue weighted by molar-refractivity contribution is -0.127. The van der Waals surface area contributed by atoms with Crippen LogP contribution in [0.4, 0.5) is 4.39 Å². The maximum Gasteiger partial charge on any atom is 0.246 e. The summed E-state index contributed by atoms with van der Waals surface area (Å²) in [7, 11) is 1.92. The van der Waals surface area contributed by atoms with Gasteiger partial charge in [-0.25, -0.2) is 4.39 Å². The molecule has 1 aliphatic rings. The smallest absolute Gasteiger partial charge is 0.246 e. The third-order valence-corrected chi connectivity index (χ3v) is 3.43. The summed E-state index contributed by atoms with van der Waals surface area (Å²) in [6.45, 7) is 1.56. The fourth-order valence-corrected chi connectivity index (χ4v) is 2.26. The molecule has 1 aliphatic heterocycles. The Balaban J connectivity index is 1.94. The summed E-state index contributed by atoms with van der Waals surface area (Å²) in [6.07, 6.45) is 5.43. The van der Waals surface area contributed by atoms with Crippen molar-refractivity contribution in [2.45, 2.75) is 18.9 Å². The van der Waals surface area contributed by atoms with E-state index in [1.807, 2.05) is 11.9 Å². The molecule has 19 heavy (non-hydrogen) atoms. The van der Waals surface area contributed by atoms with Crippen LogP contribution in [-0.4, -0.2) is 37.0 Å². The highest BCUT2D eigenvalue weighted by Gasteiger charge is 2.20. The highest BCUT2D eigenvalue weighted by molar-refractivity contribution is 5.91. The maximum atomic E-state index is 12.8. The topological polar surface area (TPSA) is 32.3 Å². The van der Waals surface area contributed by atoms with Crippen LogP contribution in [0.5, 0.6) is 0 Å². The van der Waals surface area contributed by atoms with Crippen molar-refractivity contribution in [3.63, 3.8) is 0 Å². The SMILES string of the molecule is CNC1CCCN(C(=O)/C=C/c2ccc(F)cc2)C1. The van der Waals surface area contributed by atoms with E-state index in [0.29, 0.717) is 6.04 Å². The van der Waals surface area contributed by atoms with E-state index in [0.717, 1.165) is 31.5 Å². The van der Waals surface area contributed by atoms with E-state index in [4.69, 9.17) is 0 Å². The first-order chi connectivity index (χ1) is 9.19. The molecular weight excluding hydrogens is 243 g/mol. The normalized spacial score (nSPS) is 19.9. The molecule has 0 aliphatic carbocycles. The minimum Gasteiger partial charge on any atom is -0.338 e. The van der Waals surface area contributed by atoms with Crippen LogP contribution in [0, 0.1) is 5.82 Å². The van der Waals surface area contributed by atoms with Crippen molar-refractivity contribution < 1.29 is 9.18 Å². The molecule has 4 heteroatoms. The number of carbonyl (C=O) groups excluding carboxylic acids is 1. The van der Waals surface area contributed by atoms with E-state index in [1.54, 1.807) is 24.3 Å². The van der Waals surface area contributed by atoms with E-state index in [2.05, 4.69) is 5.32 Å². The quantitative estimate of drug-likeness (QED) is 0.846. The van der Waals surface area contributed by atoms with Crippen LogP contribution < -0.4 is 5.32 Å². The van der Waals surface area contributed by atoms with Gasteiger partial charge < -0.3 is 10.2 Å². The Morgan fingerprint density at radius 3 is 2.84 bits per heavy atom. The number of likely N-dealkylation sites (N-methyl/N-ethyl adjacent to an activating group) is 1. The molecule has 1 unspecified atom stereocenters. The first-order valence-electron chi connectivity index (χ1n) is 6.59. The van der Waals surface area contributed by atoms with Crippen molar-refractivity contribution in [1.29, 1.82) is 0 Å². The second-order valence-electron chi connectivity index (χ2n) is 4.80. The van der Waals surface area contributed by atoms with Crippen molar-refractivity contribution in [2.75, 3.05) is 20.1 Å². The van der Waals surface area contributed by atoms with Crippen LogP contribution in [0.15, 0.2) is 30.3 Å². The molecule has 1 aromatic carbocycles. The van der Waals surface area contributed by atoms with Gasteiger partial charge in [-0.3, -0.25) is 4.79 Å². The van der Waals surface area contributed by atoms with Crippen LogP contribution in [0.2, 0.25) is 0 Å². The lowest BCUT2D eigenvalue weighted by atomic mass is 10.1. The molecule has 1 heterocycles. The van der Waals surface area contributed by atoms with E-state index in [-0.39, 0.29) is 11.7 Å². The number of halogens is 1.